The van der Waals surface area contributed by atoms with E-state index in [2.05, 4.69) is 34.9 Å². The maximum Gasteiger partial charge on any atom is 0.203 e. The van der Waals surface area contributed by atoms with E-state index in [-0.39, 0.29) is 0 Å². The molecule has 1 atom stereocenters. The smallest absolute Gasteiger partial charge is 0.203 e. The second-order valence-corrected chi connectivity index (χ2v) is 5.12. The Balaban J connectivity index is 2.12. The number of hydrogen-bond acceptors (Lipinski definition) is 3. The Labute approximate surface area is 89.3 Å². The van der Waals surface area contributed by atoms with Gasteiger partial charge in [0.25, 0.3) is 0 Å². The molecule has 14 heavy (non-hydrogen) atoms. The molecule has 2 heterocycles. The van der Waals surface area contributed by atoms with Crippen LogP contribution < -0.4 is 5.32 Å². The molecular weight excluding hydrogens is 194 g/mol. The first kappa shape index (κ1) is 9.90. The van der Waals surface area contributed by atoms with Crippen molar-refractivity contribution < 1.29 is 0 Å². The maximum atomic E-state index is 4.34. The first-order valence-electron chi connectivity index (χ1n) is 5.14. The minimum absolute atomic E-state index is 0.449. The second kappa shape index (κ2) is 4.26. The lowest BCUT2D eigenvalue weighted by atomic mass is 10.2. The Kier molecular flexibility index (Phi) is 3.01. The third-order valence-electron chi connectivity index (χ3n) is 2.39. The third-order valence-corrected chi connectivity index (χ3v) is 3.53. The minimum atomic E-state index is 0.449. The van der Waals surface area contributed by atoms with Crippen molar-refractivity contribution >= 4 is 17.7 Å². The average Bonchev–Trinajstić information content (AvgIpc) is 2.70. The highest BCUT2D eigenvalue weighted by molar-refractivity contribution is 7.99. The zero-order valence-electron chi connectivity index (χ0n) is 8.73. The molecule has 0 spiro atoms. The fourth-order valence-corrected chi connectivity index (χ4v) is 2.92. The standard InChI is InChI=1S/C10H17N3S/c1-8(2)12-10-11-4-5-13(10)9-3-6-14-7-9/h4-5,8-9H,3,6-7H2,1-2H3,(H,11,12). The van der Waals surface area contributed by atoms with E-state index in [1.807, 2.05) is 18.0 Å². The molecule has 0 bridgehead atoms. The molecule has 4 heteroatoms. The molecule has 78 valence electrons. The van der Waals surface area contributed by atoms with E-state index in [1.54, 1.807) is 0 Å². The third kappa shape index (κ3) is 2.05. The summed E-state index contributed by atoms with van der Waals surface area (Å²) in [6, 6.07) is 1.09. The van der Waals surface area contributed by atoms with Crippen LogP contribution in [0.3, 0.4) is 0 Å². The van der Waals surface area contributed by atoms with Crippen LogP contribution >= 0.6 is 11.8 Å². The molecule has 1 aromatic rings. The van der Waals surface area contributed by atoms with Gasteiger partial charge in [0.15, 0.2) is 0 Å². The number of nitrogens with zero attached hydrogens (tertiary/aromatic N) is 2. The van der Waals surface area contributed by atoms with Gasteiger partial charge in [-0.25, -0.2) is 4.98 Å². The quantitative estimate of drug-likeness (QED) is 0.832. The van der Waals surface area contributed by atoms with Crippen LogP contribution in [0, 0.1) is 0 Å². The molecule has 1 fully saturated rings. The van der Waals surface area contributed by atoms with Crippen molar-refractivity contribution in [1.29, 1.82) is 0 Å². The van der Waals surface area contributed by atoms with Gasteiger partial charge >= 0.3 is 0 Å². The van der Waals surface area contributed by atoms with Crippen molar-refractivity contribution in [2.45, 2.75) is 32.4 Å². The summed E-state index contributed by atoms with van der Waals surface area (Å²) in [7, 11) is 0. The normalized spacial score (nSPS) is 21.8. The Morgan fingerprint density at radius 2 is 2.50 bits per heavy atom. The van der Waals surface area contributed by atoms with Gasteiger partial charge in [-0.05, 0) is 26.0 Å². The number of nitrogens with one attached hydrogen (secondary N) is 1. The van der Waals surface area contributed by atoms with Gasteiger partial charge in [-0.2, -0.15) is 11.8 Å². The van der Waals surface area contributed by atoms with Crippen LogP contribution in [0.4, 0.5) is 5.95 Å². The van der Waals surface area contributed by atoms with Crippen LogP contribution in [0.25, 0.3) is 0 Å². The number of aromatic nitrogens is 2. The largest absolute Gasteiger partial charge is 0.353 e. The first-order valence-corrected chi connectivity index (χ1v) is 6.30. The summed E-state index contributed by atoms with van der Waals surface area (Å²) in [5.41, 5.74) is 0. The number of imidazole rings is 1. The van der Waals surface area contributed by atoms with Crippen molar-refractivity contribution in [2.75, 3.05) is 16.8 Å². The van der Waals surface area contributed by atoms with Crippen molar-refractivity contribution in [3.05, 3.63) is 12.4 Å². The Hall–Kier alpha value is -0.640. The average molecular weight is 211 g/mol. The van der Waals surface area contributed by atoms with Gasteiger partial charge in [0.2, 0.25) is 5.95 Å². The molecule has 1 unspecified atom stereocenters. The summed E-state index contributed by atoms with van der Waals surface area (Å²) in [5, 5.41) is 3.37. The summed E-state index contributed by atoms with van der Waals surface area (Å²) in [5.74, 6) is 3.53. The van der Waals surface area contributed by atoms with Crippen LogP contribution in [0.5, 0.6) is 0 Å². The Morgan fingerprint density at radius 1 is 1.64 bits per heavy atom. The van der Waals surface area contributed by atoms with Gasteiger partial charge < -0.3 is 9.88 Å². The van der Waals surface area contributed by atoms with Gasteiger partial charge in [0.05, 0.1) is 0 Å². The predicted molar refractivity (Wildman–Crippen MR) is 62.0 cm³/mol. The number of anilines is 1. The maximum absolute atomic E-state index is 4.34. The lowest BCUT2D eigenvalue weighted by Gasteiger charge is -2.16. The fraction of sp³-hybridized carbons (Fsp3) is 0.700. The lowest BCUT2D eigenvalue weighted by molar-refractivity contribution is 0.562. The molecule has 1 aliphatic rings. The summed E-state index contributed by atoms with van der Waals surface area (Å²) in [4.78, 5) is 4.34. The number of hydrogen-bond donors (Lipinski definition) is 1. The van der Waals surface area contributed by atoms with E-state index in [4.69, 9.17) is 0 Å². The number of thioether (sulfide) groups is 1. The van der Waals surface area contributed by atoms with Gasteiger partial charge in [-0.15, -0.1) is 0 Å². The molecule has 1 N–H and O–H groups in total. The van der Waals surface area contributed by atoms with Crippen molar-refractivity contribution in [3.63, 3.8) is 0 Å². The van der Waals surface area contributed by atoms with Crippen LogP contribution in [0.15, 0.2) is 12.4 Å². The molecule has 1 aromatic heterocycles. The monoisotopic (exact) mass is 211 g/mol. The molecule has 0 saturated carbocycles. The lowest BCUT2D eigenvalue weighted by Crippen LogP contribution is -2.17. The van der Waals surface area contributed by atoms with Gasteiger partial charge in [0.1, 0.15) is 0 Å². The molecule has 0 aromatic carbocycles. The Bertz CT molecular complexity index is 289. The van der Waals surface area contributed by atoms with E-state index in [0.717, 1.165) is 5.95 Å². The SMILES string of the molecule is CC(C)Nc1nccn1C1CCSC1. The van der Waals surface area contributed by atoms with Crippen LogP contribution in [0.2, 0.25) is 0 Å². The highest BCUT2D eigenvalue weighted by atomic mass is 32.2. The summed E-state index contributed by atoms with van der Waals surface area (Å²) < 4.78 is 2.28. The topological polar surface area (TPSA) is 29.9 Å². The van der Waals surface area contributed by atoms with Gasteiger partial charge in [0, 0.05) is 30.2 Å². The first-order chi connectivity index (χ1) is 6.77. The number of rotatable bonds is 3. The molecule has 1 saturated heterocycles. The fourth-order valence-electron chi connectivity index (χ4n) is 1.72. The molecule has 3 nitrogen and oxygen atoms in total. The molecule has 0 aliphatic carbocycles. The van der Waals surface area contributed by atoms with E-state index in [9.17, 15) is 0 Å². The summed E-state index contributed by atoms with van der Waals surface area (Å²) in [6.07, 6.45) is 5.24. The minimum Gasteiger partial charge on any atom is -0.353 e. The molecule has 1 aliphatic heterocycles. The molecular formula is C10H17N3S. The second-order valence-electron chi connectivity index (χ2n) is 3.97. The summed E-state index contributed by atoms with van der Waals surface area (Å²) in [6.45, 7) is 4.28. The van der Waals surface area contributed by atoms with E-state index in [0.29, 0.717) is 12.1 Å². The van der Waals surface area contributed by atoms with E-state index >= 15 is 0 Å². The zero-order chi connectivity index (χ0) is 9.97. The van der Waals surface area contributed by atoms with E-state index in [1.165, 1.54) is 17.9 Å². The van der Waals surface area contributed by atoms with E-state index < -0.39 is 0 Å². The molecule has 0 amide bonds. The summed E-state index contributed by atoms with van der Waals surface area (Å²) >= 11 is 2.03. The molecule has 0 radical (unpaired) electrons. The zero-order valence-corrected chi connectivity index (χ0v) is 9.55. The van der Waals surface area contributed by atoms with Gasteiger partial charge in [-0.3, -0.25) is 0 Å². The molecule has 2 rings (SSSR count). The van der Waals surface area contributed by atoms with Crippen molar-refractivity contribution in [1.82, 2.24) is 9.55 Å². The van der Waals surface area contributed by atoms with Crippen molar-refractivity contribution in [3.8, 4) is 0 Å². The van der Waals surface area contributed by atoms with Crippen LogP contribution in [-0.4, -0.2) is 27.1 Å². The highest BCUT2D eigenvalue weighted by Gasteiger charge is 2.19. The highest BCUT2D eigenvalue weighted by Crippen LogP contribution is 2.29. The Morgan fingerprint density at radius 3 is 3.14 bits per heavy atom. The van der Waals surface area contributed by atoms with Gasteiger partial charge in [-0.1, -0.05) is 0 Å². The van der Waals surface area contributed by atoms with Crippen molar-refractivity contribution in [2.24, 2.45) is 0 Å². The van der Waals surface area contributed by atoms with Crippen LogP contribution in [0.1, 0.15) is 26.3 Å². The van der Waals surface area contributed by atoms with Crippen LogP contribution in [-0.2, 0) is 0 Å². The predicted octanol–water partition coefficient (Wildman–Crippen LogP) is 2.38.